The van der Waals surface area contributed by atoms with Crippen molar-refractivity contribution in [1.82, 2.24) is 0 Å². The Morgan fingerprint density at radius 2 is 1.25 bits per heavy atom. The zero-order valence-corrected chi connectivity index (χ0v) is 6.20. The molecule has 0 rings (SSSR count). The summed E-state index contributed by atoms with van der Waals surface area (Å²) in [5.74, 6) is 0. The maximum Gasteiger partial charge on any atom is 0.0213 e. The second-order valence-corrected chi connectivity index (χ2v) is 1.73. The average Bonchev–Trinajstić information content (AvgIpc) is 0.918. The van der Waals surface area contributed by atoms with E-state index in [1.807, 2.05) is 0 Å². The summed E-state index contributed by atoms with van der Waals surface area (Å²) in [7, 11) is 0.750. The molecule has 0 bridgehead atoms. The van der Waals surface area contributed by atoms with E-state index in [1.165, 1.54) is 0 Å². The summed E-state index contributed by atoms with van der Waals surface area (Å²) in [5, 5.41) is 0. The van der Waals surface area contributed by atoms with Gasteiger partial charge in [-0.3, -0.25) is 0 Å². The SMILES string of the molecule is C[SiH]C.[Au]. The first-order valence-corrected chi connectivity index (χ1v) is 3.46. The van der Waals surface area contributed by atoms with E-state index in [4.69, 9.17) is 0 Å². The van der Waals surface area contributed by atoms with Crippen LogP contribution in [0.15, 0.2) is 0 Å². The molecule has 2 radical (unpaired) electrons. The molecule has 4 heavy (non-hydrogen) atoms. The first-order chi connectivity index (χ1) is 1.41. The van der Waals surface area contributed by atoms with Crippen LogP contribution in [-0.2, 0) is 22.4 Å². The fourth-order valence-corrected chi connectivity index (χ4v) is 0. The molecule has 2 heteroatoms. The summed E-state index contributed by atoms with van der Waals surface area (Å²) in [6, 6.07) is 0. The van der Waals surface area contributed by atoms with E-state index >= 15 is 0 Å². The summed E-state index contributed by atoms with van der Waals surface area (Å²) in [5.41, 5.74) is 0. The molecule has 0 aliphatic rings. The van der Waals surface area contributed by atoms with Crippen molar-refractivity contribution in [2.24, 2.45) is 0 Å². The Morgan fingerprint density at radius 1 is 1.25 bits per heavy atom. The van der Waals surface area contributed by atoms with Gasteiger partial charge in [-0.1, -0.05) is 13.1 Å². The number of rotatable bonds is 0. The topological polar surface area (TPSA) is 0 Å². The summed E-state index contributed by atoms with van der Waals surface area (Å²) in [4.78, 5) is 0. The minimum atomic E-state index is 0. The monoisotopic (exact) mass is 256 g/mol. The molecule has 0 aromatic carbocycles. The molecule has 0 amide bonds. The third-order valence-corrected chi connectivity index (χ3v) is 0. The molecule has 0 atom stereocenters. The molecule has 30 valence electrons. The number of hydrogen-bond donors (Lipinski definition) is 0. The smallest absolute Gasteiger partial charge is 0.0213 e. The third kappa shape index (κ3) is 12.4. The molecule has 0 aromatic heterocycles. The standard InChI is InChI=1S/C2H7Si.Au/c1-3-2;/h3H,1-2H3;. The molecule has 0 saturated carbocycles. The van der Waals surface area contributed by atoms with E-state index in [9.17, 15) is 0 Å². The second-order valence-electron chi connectivity index (χ2n) is 0.577. The van der Waals surface area contributed by atoms with Crippen LogP contribution in [0.3, 0.4) is 0 Å². The van der Waals surface area contributed by atoms with Gasteiger partial charge in [0.05, 0.1) is 0 Å². The van der Waals surface area contributed by atoms with Gasteiger partial charge in [-0.25, -0.2) is 0 Å². The van der Waals surface area contributed by atoms with Crippen molar-refractivity contribution in [3.63, 3.8) is 0 Å². The van der Waals surface area contributed by atoms with Gasteiger partial charge in [0.25, 0.3) is 0 Å². The second kappa shape index (κ2) is 9.03. The summed E-state index contributed by atoms with van der Waals surface area (Å²) in [6.45, 7) is 4.42. The van der Waals surface area contributed by atoms with Crippen LogP contribution in [0, 0.1) is 0 Å². The molecule has 0 aliphatic carbocycles. The van der Waals surface area contributed by atoms with Crippen molar-refractivity contribution in [2.45, 2.75) is 13.1 Å². The fraction of sp³-hybridized carbons (Fsp3) is 1.00. The zero-order chi connectivity index (χ0) is 2.71. The fourth-order valence-electron chi connectivity index (χ4n) is 0. The Hall–Kier alpha value is 0.957. The first-order valence-electron chi connectivity index (χ1n) is 1.15. The van der Waals surface area contributed by atoms with E-state index in [1.54, 1.807) is 0 Å². The number of hydrogen-bond acceptors (Lipinski definition) is 0. The molecule has 0 N–H and O–H groups in total. The van der Waals surface area contributed by atoms with E-state index < -0.39 is 0 Å². The third-order valence-electron chi connectivity index (χ3n) is 0. The van der Waals surface area contributed by atoms with E-state index in [0.717, 1.165) is 9.52 Å². The largest absolute Gasteiger partial charge is 0.0743 e. The van der Waals surface area contributed by atoms with E-state index in [2.05, 4.69) is 13.1 Å². The Balaban J connectivity index is 0. The van der Waals surface area contributed by atoms with Crippen molar-refractivity contribution < 1.29 is 22.4 Å². The van der Waals surface area contributed by atoms with Gasteiger partial charge in [-0.05, 0) is 0 Å². The summed E-state index contributed by atoms with van der Waals surface area (Å²) in [6.07, 6.45) is 0. The molecule has 0 aliphatic heterocycles. The molecular weight excluding hydrogens is 249 g/mol. The van der Waals surface area contributed by atoms with Crippen molar-refractivity contribution in [1.29, 1.82) is 0 Å². The summed E-state index contributed by atoms with van der Waals surface area (Å²) < 4.78 is 0. The predicted octanol–water partition coefficient (Wildman–Crippen LogP) is 0.517. The van der Waals surface area contributed by atoms with Crippen molar-refractivity contribution >= 4 is 9.52 Å². The minimum absolute atomic E-state index is 0. The molecular formula is C2H7AuSi. The van der Waals surface area contributed by atoms with Gasteiger partial charge in [0.2, 0.25) is 0 Å². The van der Waals surface area contributed by atoms with Crippen LogP contribution in [0.4, 0.5) is 0 Å². The first kappa shape index (κ1) is 8.88. The predicted molar refractivity (Wildman–Crippen MR) is 18.9 cm³/mol. The zero-order valence-electron chi connectivity index (χ0n) is 2.88. The van der Waals surface area contributed by atoms with Gasteiger partial charge in [0, 0.05) is 31.9 Å². The minimum Gasteiger partial charge on any atom is -0.0743 e. The van der Waals surface area contributed by atoms with Gasteiger partial charge in [-0.15, -0.1) is 0 Å². The van der Waals surface area contributed by atoms with Gasteiger partial charge < -0.3 is 0 Å². The normalized spacial score (nSPS) is 4.50. The van der Waals surface area contributed by atoms with E-state index in [0.29, 0.717) is 0 Å². The summed E-state index contributed by atoms with van der Waals surface area (Å²) >= 11 is 0. The molecule has 0 saturated heterocycles. The van der Waals surface area contributed by atoms with Crippen molar-refractivity contribution in [2.75, 3.05) is 0 Å². The molecule has 0 aromatic rings. The van der Waals surface area contributed by atoms with Crippen LogP contribution in [0.5, 0.6) is 0 Å². The average molecular weight is 256 g/mol. The maximum atomic E-state index is 2.21. The molecule has 0 fully saturated rings. The molecule has 0 spiro atoms. The van der Waals surface area contributed by atoms with Crippen molar-refractivity contribution in [3.8, 4) is 0 Å². The Labute approximate surface area is 45.3 Å². The van der Waals surface area contributed by atoms with Gasteiger partial charge in [0.15, 0.2) is 0 Å². The Kier molecular flexibility index (Phi) is 20.0. The van der Waals surface area contributed by atoms with Gasteiger partial charge in [0.1, 0.15) is 0 Å². The van der Waals surface area contributed by atoms with Gasteiger partial charge in [-0.2, -0.15) is 0 Å². The van der Waals surface area contributed by atoms with Crippen LogP contribution in [0.25, 0.3) is 0 Å². The van der Waals surface area contributed by atoms with Crippen LogP contribution in [-0.4, -0.2) is 9.52 Å². The molecule has 0 nitrogen and oxygen atoms in total. The van der Waals surface area contributed by atoms with Crippen LogP contribution >= 0.6 is 0 Å². The van der Waals surface area contributed by atoms with Crippen LogP contribution in [0.2, 0.25) is 13.1 Å². The quantitative estimate of drug-likeness (QED) is 0.554. The Morgan fingerprint density at radius 3 is 1.25 bits per heavy atom. The van der Waals surface area contributed by atoms with Crippen LogP contribution < -0.4 is 0 Å². The van der Waals surface area contributed by atoms with E-state index in [-0.39, 0.29) is 22.4 Å². The van der Waals surface area contributed by atoms with Crippen LogP contribution in [0.1, 0.15) is 0 Å². The van der Waals surface area contributed by atoms with Crippen molar-refractivity contribution in [3.05, 3.63) is 0 Å². The maximum absolute atomic E-state index is 2.21. The Bertz CT molecular complexity index is 6.00. The molecule has 0 heterocycles. The molecule has 0 unspecified atom stereocenters. The van der Waals surface area contributed by atoms with Gasteiger partial charge >= 0.3 is 0 Å².